The number of fused-ring (bicyclic) bond motifs is 1. The number of alkyl halides is 2. The Hall–Kier alpha value is -3.07. The zero-order valence-corrected chi connectivity index (χ0v) is 20.0. The zero-order valence-electron chi connectivity index (χ0n) is 19.1. The van der Waals surface area contributed by atoms with Crippen molar-refractivity contribution in [3.8, 4) is 5.75 Å². The molecule has 1 N–H and O–H groups in total. The van der Waals surface area contributed by atoms with E-state index in [1.54, 1.807) is 33.3 Å². The molecular formula is C25H26F3N3O2S. The highest BCUT2D eigenvalue weighted by Gasteiger charge is 2.22. The van der Waals surface area contributed by atoms with Gasteiger partial charge in [0.25, 0.3) is 6.43 Å². The van der Waals surface area contributed by atoms with Gasteiger partial charge in [0.15, 0.2) is 0 Å². The van der Waals surface area contributed by atoms with Crippen LogP contribution in [0.5, 0.6) is 5.75 Å². The Kier molecular flexibility index (Phi) is 6.84. The lowest BCUT2D eigenvalue weighted by Gasteiger charge is -2.21. The molecule has 0 bridgehead atoms. The maximum absolute atomic E-state index is 14.7. The summed E-state index contributed by atoms with van der Waals surface area (Å²) in [6.07, 6.45) is 1.28. The summed E-state index contributed by atoms with van der Waals surface area (Å²) in [5.74, 6) is 0.602. The number of rotatable bonds is 6. The van der Waals surface area contributed by atoms with Gasteiger partial charge in [-0.15, -0.1) is 0 Å². The Bertz CT molecular complexity index is 1380. The van der Waals surface area contributed by atoms with Gasteiger partial charge in [0, 0.05) is 47.3 Å². The third-order valence-electron chi connectivity index (χ3n) is 6.15. The summed E-state index contributed by atoms with van der Waals surface area (Å²) in [4.78, 5) is 4.43. The number of pyridine rings is 1. The third kappa shape index (κ3) is 4.61. The highest BCUT2D eigenvalue weighted by Crippen LogP contribution is 2.37. The fourth-order valence-electron chi connectivity index (χ4n) is 4.20. The molecule has 0 saturated carbocycles. The minimum Gasteiger partial charge on any atom is -0.496 e. The van der Waals surface area contributed by atoms with Gasteiger partial charge >= 0.3 is 0 Å². The van der Waals surface area contributed by atoms with Crippen LogP contribution in [-0.2, 0) is 9.73 Å². The molecule has 0 fully saturated rings. The van der Waals surface area contributed by atoms with Gasteiger partial charge in [-0.05, 0) is 31.1 Å². The van der Waals surface area contributed by atoms with Crippen molar-refractivity contribution in [2.45, 2.75) is 25.8 Å². The number of anilines is 1. The summed E-state index contributed by atoms with van der Waals surface area (Å²) in [5.41, 5.74) is 2.78. The SMILES string of the molecule is CN=S1(=O)CC=C(c2cc3c(N[C@H](C)c4cccc(C(F)F)c4F)ccnc3cc2OC)CC1. The summed E-state index contributed by atoms with van der Waals surface area (Å²) in [6.45, 7) is 1.72. The maximum Gasteiger partial charge on any atom is 0.266 e. The van der Waals surface area contributed by atoms with Gasteiger partial charge in [0.05, 0.1) is 39.7 Å². The van der Waals surface area contributed by atoms with E-state index in [9.17, 15) is 17.4 Å². The summed E-state index contributed by atoms with van der Waals surface area (Å²) >= 11 is 0. The molecule has 2 aromatic carbocycles. The molecule has 0 aliphatic carbocycles. The third-order valence-corrected chi connectivity index (χ3v) is 8.35. The lowest BCUT2D eigenvalue weighted by Crippen LogP contribution is -2.15. The lowest BCUT2D eigenvalue weighted by atomic mass is 9.98. The van der Waals surface area contributed by atoms with Crippen LogP contribution in [-0.4, -0.2) is 34.9 Å². The predicted octanol–water partition coefficient (Wildman–Crippen LogP) is 6.38. The molecule has 34 heavy (non-hydrogen) atoms. The van der Waals surface area contributed by atoms with E-state index >= 15 is 0 Å². The highest BCUT2D eigenvalue weighted by molar-refractivity contribution is 7.93. The van der Waals surface area contributed by atoms with E-state index in [0.717, 1.165) is 22.6 Å². The van der Waals surface area contributed by atoms with E-state index < -0.39 is 33.6 Å². The van der Waals surface area contributed by atoms with Crippen LogP contribution in [0.4, 0.5) is 18.9 Å². The number of nitrogens with one attached hydrogen (secondary N) is 1. The number of allylic oxidation sites excluding steroid dienone is 1. The largest absolute Gasteiger partial charge is 0.496 e. The molecule has 1 unspecified atom stereocenters. The van der Waals surface area contributed by atoms with Crippen LogP contribution in [0.15, 0.2) is 53.0 Å². The van der Waals surface area contributed by atoms with Gasteiger partial charge < -0.3 is 10.1 Å². The van der Waals surface area contributed by atoms with Gasteiger partial charge in [-0.1, -0.05) is 24.3 Å². The van der Waals surface area contributed by atoms with Gasteiger partial charge in [0.1, 0.15) is 11.6 Å². The quantitative estimate of drug-likeness (QED) is 0.437. The number of ether oxygens (including phenoxy) is 1. The van der Waals surface area contributed by atoms with Gasteiger partial charge in [-0.25, -0.2) is 21.7 Å². The second-order valence-corrected chi connectivity index (χ2v) is 10.8. The second-order valence-electron chi connectivity index (χ2n) is 8.15. The van der Waals surface area contributed by atoms with Crippen molar-refractivity contribution in [2.75, 3.05) is 31.0 Å². The molecule has 1 aliphatic rings. The van der Waals surface area contributed by atoms with E-state index in [2.05, 4.69) is 14.7 Å². The van der Waals surface area contributed by atoms with Crippen molar-refractivity contribution in [3.05, 3.63) is 71.2 Å². The Balaban J connectivity index is 1.75. The van der Waals surface area contributed by atoms with Gasteiger partial charge in [-0.2, -0.15) is 0 Å². The maximum atomic E-state index is 14.7. The molecule has 0 spiro atoms. The molecule has 180 valence electrons. The Morgan fingerprint density at radius 1 is 1.21 bits per heavy atom. The number of nitrogens with zero attached hydrogens (tertiary/aromatic N) is 2. The van der Waals surface area contributed by atoms with E-state index in [1.807, 2.05) is 18.2 Å². The number of halogens is 3. The van der Waals surface area contributed by atoms with Crippen molar-refractivity contribution in [3.63, 3.8) is 0 Å². The van der Waals surface area contributed by atoms with Crippen molar-refractivity contribution in [1.29, 1.82) is 0 Å². The van der Waals surface area contributed by atoms with Crippen LogP contribution in [0.25, 0.3) is 16.5 Å². The smallest absolute Gasteiger partial charge is 0.266 e. The highest BCUT2D eigenvalue weighted by atomic mass is 32.2. The van der Waals surface area contributed by atoms with Gasteiger partial charge in [0.2, 0.25) is 0 Å². The van der Waals surface area contributed by atoms with Crippen LogP contribution < -0.4 is 10.1 Å². The number of hydrogen-bond acceptors (Lipinski definition) is 5. The molecule has 9 heteroatoms. The van der Waals surface area contributed by atoms with Crippen LogP contribution in [0.3, 0.4) is 0 Å². The van der Waals surface area contributed by atoms with Crippen molar-refractivity contribution in [1.82, 2.24) is 4.98 Å². The molecule has 0 amide bonds. The first-order valence-corrected chi connectivity index (χ1v) is 12.7. The Morgan fingerprint density at radius 2 is 1.97 bits per heavy atom. The van der Waals surface area contributed by atoms with E-state index in [-0.39, 0.29) is 5.56 Å². The van der Waals surface area contributed by atoms with Crippen LogP contribution in [0, 0.1) is 5.82 Å². The molecule has 3 aromatic rings. The van der Waals surface area contributed by atoms with Gasteiger partial charge in [-0.3, -0.25) is 4.98 Å². The number of aromatic nitrogens is 1. The van der Waals surface area contributed by atoms with Crippen molar-refractivity contribution < 1.29 is 22.1 Å². The van der Waals surface area contributed by atoms with Crippen LogP contribution in [0.2, 0.25) is 0 Å². The number of methoxy groups -OCH3 is 1. The Labute approximate surface area is 197 Å². The zero-order chi connectivity index (χ0) is 24.5. The molecule has 4 rings (SSSR count). The summed E-state index contributed by atoms with van der Waals surface area (Å²) < 4.78 is 63.3. The second kappa shape index (κ2) is 9.66. The fourth-order valence-corrected chi connectivity index (χ4v) is 5.70. The monoisotopic (exact) mass is 489 g/mol. The lowest BCUT2D eigenvalue weighted by molar-refractivity contribution is 0.146. The molecular weight excluding hydrogens is 463 g/mol. The van der Waals surface area contributed by atoms with E-state index in [1.165, 1.54) is 12.1 Å². The average Bonchev–Trinajstić information content (AvgIpc) is 2.84. The summed E-state index contributed by atoms with van der Waals surface area (Å²) in [7, 11) is 0.965. The first-order chi connectivity index (χ1) is 16.3. The first-order valence-electron chi connectivity index (χ1n) is 10.9. The van der Waals surface area contributed by atoms with E-state index in [4.69, 9.17) is 4.74 Å². The predicted molar refractivity (Wildman–Crippen MR) is 131 cm³/mol. The summed E-state index contributed by atoms with van der Waals surface area (Å²) in [5, 5.41) is 4.03. The minimum atomic E-state index is -2.89. The van der Waals surface area contributed by atoms with E-state index in [0.29, 0.717) is 34.9 Å². The summed E-state index contributed by atoms with van der Waals surface area (Å²) in [6, 6.07) is 9.00. The number of hydrogen-bond donors (Lipinski definition) is 1. The molecule has 2 heterocycles. The molecule has 1 aliphatic heterocycles. The van der Waals surface area contributed by atoms with Crippen molar-refractivity contribution >= 4 is 31.9 Å². The molecule has 0 radical (unpaired) electrons. The molecule has 0 saturated heterocycles. The normalized spacial score (nSPS) is 19.1. The molecule has 2 atom stereocenters. The standard InChI is InChI=1S/C25H26F3N3O2S/c1-15(17-5-4-6-18(24(17)26)25(27)28)31-21-7-10-30-22-14-23(33-3)19(13-20(21)22)16-8-11-34(32,29-2)12-9-16/h4-8,10,13-15,25H,9,11-12H2,1-3H3,(H,30,31)/t15-,34?/m1/s1. The van der Waals surface area contributed by atoms with Crippen LogP contribution >= 0.6 is 0 Å². The average molecular weight is 490 g/mol. The molecule has 1 aromatic heterocycles. The van der Waals surface area contributed by atoms with Crippen LogP contribution in [0.1, 0.15) is 42.5 Å². The fraction of sp³-hybridized carbons (Fsp3) is 0.320. The van der Waals surface area contributed by atoms with Crippen molar-refractivity contribution in [2.24, 2.45) is 4.36 Å². The molecule has 5 nitrogen and oxygen atoms in total. The minimum absolute atomic E-state index is 0.157. The number of benzene rings is 2. The topological polar surface area (TPSA) is 63.6 Å². The Morgan fingerprint density at radius 3 is 2.62 bits per heavy atom. The first kappa shape index (κ1) is 24.1.